The van der Waals surface area contributed by atoms with Crippen LogP contribution in [0, 0.1) is 0 Å². The molecule has 0 aliphatic carbocycles. The Bertz CT molecular complexity index is 346. The number of benzene rings is 1. The van der Waals surface area contributed by atoms with Crippen LogP contribution in [0.25, 0.3) is 0 Å². The number of halogens is 1. The quantitative estimate of drug-likeness (QED) is 0.812. The van der Waals surface area contributed by atoms with Gasteiger partial charge in [0, 0.05) is 0 Å². The number of ether oxygens (including phenoxy) is 2. The lowest BCUT2D eigenvalue weighted by atomic mass is 10.2. The van der Waals surface area contributed by atoms with E-state index in [1.54, 1.807) is 0 Å². The smallest absolute Gasteiger partial charge is 0.184 e. The molecule has 0 bridgehead atoms. The molecule has 17 heavy (non-hydrogen) atoms. The average molecular weight is 242 g/mol. The van der Waals surface area contributed by atoms with Crippen molar-refractivity contribution in [2.75, 3.05) is 6.61 Å². The number of alkyl halides is 1. The zero-order valence-corrected chi connectivity index (χ0v) is 9.20. The minimum atomic E-state index is -1.61. The van der Waals surface area contributed by atoms with E-state index in [0.29, 0.717) is 6.61 Å². The van der Waals surface area contributed by atoms with Crippen molar-refractivity contribution in [3.63, 3.8) is 0 Å². The summed E-state index contributed by atoms with van der Waals surface area (Å²) < 4.78 is 23.5. The summed E-state index contributed by atoms with van der Waals surface area (Å²) in [5, 5.41) is 18.2. The first-order valence-electron chi connectivity index (χ1n) is 5.46. The van der Waals surface area contributed by atoms with Crippen LogP contribution in [0.4, 0.5) is 4.39 Å². The molecule has 0 spiro atoms. The molecule has 0 aromatic heterocycles. The van der Waals surface area contributed by atoms with Gasteiger partial charge in [0.15, 0.2) is 12.5 Å². The molecule has 4 atom stereocenters. The molecule has 0 saturated carbocycles. The van der Waals surface area contributed by atoms with Crippen LogP contribution < -0.4 is 0 Å². The Kier molecular flexibility index (Phi) is 4.06. The van der Waals surface area contributed by atoms with E-state index in [4.69, 9.17) is 19.7 Å². The maximum absolute atomic E-state index is 13.3. The number of hydrogen-bond donors (Lipinski definition) is 2. The average Bonchev–Trinajstić information content (AvgIpc) is 2.59. The van der Waals surface area contributed by atoms with Crippen molar-refractivity contribution in [3.05, 3.63) is 35.9 Å². The lowest BCUT2D eigenvalue weighted by Gasteiger charge is -2.12. The van der Waals surface area contributed by atoms with Gasteiger partial charge in [-0.1, -0.05) is 30.3 Å². The van der Waals surface area contributed by atoms with Crippen molar-refractivity contribution >= 4 is 0 Å². The van der Waals surface area contributed by atoms with E-state index < -0.39 is 24.7 Å². The second-order valence-electron chi connectivity index (χ2n) is 4.00. The standard InChI is InChI=1S/C12H15FO4/c13-10-9(17-12(15)11(10)14)7-16-6-8-4-2-1-3-5-8/h1-5,9-12,14-15H,6-7H2/t9-,10-,11-,12-/m1/s1. The molecule has 1 aromatic carbocycles. The zero-order valence-electron chi connectivity index (χ0n) is 9.20. The Hall–Kier alpha value is -1.01. The van der Waals surface area contributed by atoms with E-state index in [2.05, 4.69) is 0 Å². The minimum Gasteiger partial charge on any atom is -0.385 e. The third-order valence-corrected chi connectivity index (χ3v) is 2.68. The first-order valence-corrected chi connectivity index (χ1v) is 5.46. The first-order chi connectivity index (χ1) is 8.18. The molecule has 5 heteroatoms. The predicted octanol–water partition coefficient (Wildman–Crippen LogP) is 0.619. The van der Waals surface area contributed by atoms with Crippen LogP contribution in [0.3, 0.4) is 0 Å². The highest BCUT2D eigenvalue weighted by Crippen LogP contribution is 2.22. The van der Waals surface area contributed by atoms with E-state index in [1.165, 1.54) is 0 Å². The molecule has 1 aliphatic heterocycles. The fraction of sp³-hybridized carbons (Fsp3) is 0.500. The number of aliphatic hydroxyl groups is 2. The van der Waals surface area contributed by atoms with Crippen LogP contribution in [-0.2, 0) is 16.1 Å². The molecule has 1 aliphatic rings. The normalized spacial score (nSPS) is 32.9. The van der Waals surface area contributed by atoms with Gasteiger partial charge in [0.2, 0.25) is 0 Å². The second kappa shape index (κ2) is 5.55. The van der Waals surface area contributed by atoms with Gasteiger partial charge in [0.1, 0.15) is 12.2 Å². The Balaban J connectivity index is 1.76. The molecular formula is C12H15FO4. The summed E-state index contributed by atoms with van der Waals surface area (Å²) in [7, 11) is 0. The van der Waals surface area contributed by atoms with E-state index in [9.17, 15) is 4.39 Å². The van der Waals surface area contributed by atoms with Crippen molar-refractivity contribution in [1.82, 2.24) is 0 Å². The molecule has 4 nitrogen and oxygen atoms in total. The second-order valence-corrected chi connectivity index (χ2v) is 4.00. The van der Waals surface area contributed by atoms with E-state index in [0.717, 1.165) is 5.56 Å². The van der Waals surface area contributed by atoms with Gasteiger partial charge < -0.3 is 19.7 Å². The van der Waals surface area contributed by atoms with Gasteiger partial charge in [-0.05, 0) is 5.56 Å². The van der Waals surface area contributed by atoms with E-state index in [-0.39, 0.29) is 6.61 Å². The SMILES string of the molecule is O[C@@H]1[C@H](F)[C@@H](COCc2ccccc2)O[C@H]1O. The molecule has 0 radical (unpaired) electrons. The van der Waals surface area contributed by atoms with Crippen molar-refractivity contribution in [2.45, 2.75) is 31.3 Å². The summed E-state index contributed by atoms with van der Waals surface area (Å²) in [5.74, 6) is 0. The molecule has 0 unspecified atom stereocenters. The Morgan fingerprint density at radius 3 is 2.53 bits per heavy atom. The fourth-order valence-electron chi connectivity index (χ4n) is 1.71. The molecule has 1 saturated heterocycles. The zero-order chi connectivity index (χ0) is 12.3. The maximum atomic E-state index is 13.3. The molecule has 2 N–H and O–H groups in total. The maximum Gasteiger partial charge on any atom is 0.184 e. The van der Waals surface area contributed by atoms with Crippen LogP contribution in [-0.4, -0.2) is 41.5 Å². The van der Waals surface area contributed by atoms with E-state index in [1.807, 2.05) is 30.3 Å². The molecule has 94 valence electrons. The van der Waals surface area contributed by atoms with Crippen LogP contribution in [0.15, 0.2) is 30.3 Å². The third kappa shape index (κ3) is 3.01. The molecule has 0 amide bonds. The van der Waals surface area contributed by atoms with Gasteiger partial charge in [-0.25, -0.2) is 4.39 Å². The third-order valence-electron chi connectivity index (χ3n) is 2.68. The van der Waals surface area contributed by atoms with E-state index >= 15 is 0 Å². The van der Waals surface area contributed by atoms with Gasteiger partial charge in [-0.15, -0.1) is 0 Å². The van der Waals surface area contributed by atoms with Gasteiger partial charge >= 0.3 is 0 Å². The largest absolute Gasteiger partial charge is 0.385 e. The summed E-state index contributed by atoms with van der Waals surface area (Å²) in [6.45, 7) is 0.351. The summed E-state index contributed by atoms with van der Waals surface area (Å²) >= 11 is 0. The van der Waals surface area contributed by atoms with Crippen LogP contribution in [0.2, 0.25) is 0 Å². The lowest BCUT2D eigenvalue weighted by molar-refractivity contribution is -0.137. The fourth-order valence-corrected chi connectivity index (χ4v) is 1.71. The topological polar surface area (TPSA) is 58.9 Å². The van der Waals surface area contributed by atoms with Crippen molar-refractivity contribution in [3.8, 4) is 0 Å². The van der Waals surface area contributed by atoms with Crippen LogP contribution in [0.5, 0.6) is 0 Å². The van der Waals surface area contributed by atoms with Gasteiger partial charge in [0.05, 0.1) is 13.2 Å². The van der Waals surface area contributed by atoms with Gasteiger partial charge in [-0.3, -0.25) is 0 Å². The Labute approximate surface area is 98.6 Å². The molecule has 1 aromatic rings. The highest BCUT2D eigenvalue weighted by atomic mass is 19.1. The van der Waals surface area contributed by atoms with Gasteiger partial charge in [-0.2, -0.15) is 0 Å². The van der Waals surface area contributed by atoms with Crippen molar-refractivity contribution in [2.24, 2.45) is 0 Å². The van der Waals surface area contributed by atoms with Crippen molar-refractivity contribution < 1.29 is 24.1 Å². The molecule has 2 rings (SSSR count). The van der Waals surface area contributed by atoms with Crippen molar-refractivity contribution in [1.29, 1.82) is 0 Å². The monoisotopic (exact) mass is 242 g/mol. The van der Waals surface area contributed by atoms with Gasteiger partial charge in [0.25, 0.3) is 0 Å². The summed E-state index contributed by atoms with van der Waals surface area (Å²) in [6.07, 6.45) is -5.47. The lowest BCUT2D eigenvalue weighted by Crippen LogP contribution is -2.30. The number of aliphatic hydroxyl groups excluding tert-OH is 2. The Morgan fingerprint density at radius 1 is 1.24 bits per heavy atom. The first kappa shape index (κ1) is 12.4. The Morgan fingerprint density at radius 2 is 1.94 bits per heavy atom. The highest BCUT2D eigenvalue weighted by Gasteiger charge is 2.43. The predicted molar refractivity (Wildman–Crippen MR) is 57.9 cm³/mol. The molecule has 1 fully saturated rings. The molecular weight excluding hydrogens is 227 g/mol. The molecule has 1 heterocycles. The number of hydrogen-bond acceptors (Lipinski definition) is 4. The summed E-state index contributed by atoms with van der Waals surface area (Å²) in [4.78, 5) is 0. The summed E-state index contributed by atoms with van der Waals surface area (Å²) in [5.41, 5.74) is 0.974. The van der Waals surface area contributed by atoms with Crippen LogP contribution >= 0.6 is 0 Å². The highest BCUT2D eigenvalue weighted by molar-refractivity contribution is 5.13. The summed E-state index contributed by atoms with van der Waals surface area (Å²) in [6, 6.07) is 9.46. The minimum absolute atomic E-state index is 0.00415. The number of rotatable bonds is 4. The van der Waals surface area contributed by atoms with Crippen LogP contribution in [0.1, 0.15) is 5.56 Å².